The fourth-order valence-corrected chi connectivity index (χ4v) is 2.49. The number of aryl methyl sites for hydroxylation is 1. The van der Waals surface area contributed by atoms with E-state index >= 15 is 0 Å². The van der Waals surface area contributed by atoms with Crippen molar-refractivity contribution in [2.24, 2.45) is 5.92 Å². The summed E-state index contributed by atoms with van der Waals surface area (Å²) in [6, 6.07) is 1.97. The van der Waals surface area contributed by atoms with Crippen LogP contribution in [-0.4, -0.2) is 34.3 Å². The van der Waals surface area contributed by atoms with Gasteiger partial charge in [-0.05, 0) is 45.4 Å². The predicted octanol–water partition coefficient (Wildman–Crippen LogP) is 2.18. The van der Waals surface area contributed by atoms with Crippen molar-refractivity contribution in [3.63, 3.8) is 0 Å². The van der Waals surface area contributed by atoms with Crippen molar-refractivity contribution in [2.45, 2.75) is 45.6 Å². The number of hydrogen-bond acceptors (Lipinski definition) is 5. The quantitative estimate of drug-likeness (QED) is 0.760. The Morgan fingerprint density at radius 1 is 1.21 bits per heavy atom. The Labute approximate surface area is 114 Å². The molecular weight excluding hydrogens is 240 g/mol. The summed E-state index contributed by atoms with van der Waals surface area (Å²) in [4.78, 5) is 8.77. The van der Waals surface area contributed by atoms with E-state index in [1.807, 2.05) is 19.9 Å². The van der Waals surface area contributed by atoms with Crippen molar-refractivity contribution in [3.05, 3.63) is 11.8 Å². The fraction of sp³-hybridized carbons (Fsp3) is 0.714. The Morgan fingerprint density at radius 3 is 2.63 bits per heavy atom. The molecule has 1 aromatic rings. The summed E-state index contributed by atoms with van der Waals surface area (Å²) in [6.45, 7) is 5.76. The van der Waals surface area contributed by atoms with E-state index in [0.717, 1.165) is 50.3 Å². The van der Waals surface area contributed by atoms with Crippen molar-refractivity contribution in [1.29, 1.82) is 0 Å². The molecule has 0 atom stereocenters. The van der Waals surface area contributed by atoms with E-state index in [0.29, 0.717) is 11.9 Å². The van der Waals surface area contributed by atoms with Crippen LogP contribution in [0.2, 0.25) is 0 Å². The van der Waals surface area contributed by atoms with Crippen LogP contribution in [0.1, 0.15) is 38.3 Å². The molecule has 1 fully saturated rings. The van der Waals surface area contributed by atoms with Gasteiger partial charge in [0.15, 0.2) is 0 Å². The highest BCUT2D eigenvalue weighted by molar-refractivity contribution is 5.42. The van der Waals surface area contributed by atoms with Crippen LogP contribution in [0.15, 0.2) is 6.07 Å². The van der Waals surface area contributed by atoms with Crippen LogP contribution in [0.3, 0.4) is 0 Å². The van der Waals surface area contributed by atoms with Gasteiger partial charge in [0.05, 0.1) is 6.10 Å². The first-order chi connectivity index (χ1) is 9.17. The lowest BCUT2D eigenvalue weighted by atomic mass is 9.87. The third-order valence-corrected chi connectivity index (χ3v) is 3.58. The lowest BCUT2D eigenvalue weighted by molar-refractivity contribution is 0.111. The highest BCUT2D eigenvalue weighted by atomic mass is 16.3. The molecule has 1 heterocycles. The average Bonchev–Trinajstić information content (AvgIpc) is 2.38. The van der Waals surface area contributed by atoms with E-state index in [1.54, 1.807) is 0 Å². The minimum absolute atomic E-state index is 0.0853. The Balaban J connectivity index is 1.88. The molecule has 5 nitrogen and oxygen atoms in total. The number of hydrogen-bond donors (Lipinski definition) is 3. The monoisotopic (exact) mass is 264 g/mol. The summed E-state index contributed by atoms with van der Waals surface area (Å²) in [6.07, 6.45) is 3.96. The fourth-order valence-electron chi connectivity index (χ4n) is 2.49. The maximum Gasteiger partial charge on any atom is 0.224 e. The summed E-state index contributed by atoms with van der Waals surface area (Å²) in [5.74, 6) is 2.21. The van der Waals surface area contributed by atoms with Gasteiger partial charge >= 0.3 is 0 Å². The number of rotatable bonds is 5. The van der Waals surface area contributed by atoms with Crippen LogP contribution < -0.4 is 10.6 Å². The molecule has 1 saturated carbocycles. The van der Waals surface area contributed by atoms with Crippen molar-refractivity contribution in [3.8, 4) is 0 Å². The van der Waals surface area contributed by atoms with Crippen molar-refractivity contribution >= 4 is 11.8 Å². The SMILES string of the molecule is CCNc1nc(C)cc(NCC2CCC(O)CC2)n1. The Bertz CT molecular complexity index is 402. The number of anilines is 2. The predicted molar refractivity (Wildman–Crippen MR) is 77.4 cm³/mol. The van der Waals surface area contributed by atoms with Gasteiger partial charge in [-0.25, -0.2) is 4.98 Å². The number of nitrogens with zero attached hydrogens (tertiary/aromatic N) is 2. The van der Waals surface area contributed by atoms with E-state index in [2.05, 4.69) is 20.6 Å². The highest BCUT2D eigenvalue weighted by Gasteiger charge is 2.19. The van der Waals surface area contributed by atoms with E-state index in [4.69, 9.17) is 0 Å². The summed E-state index contributed by atoms with van der Waals surface area (Å²) in [5, 5.41) is 16.0. The zero-order valence-corrected chi connectivity index (χ0v) is 11.8. The van der Waals surface area contributed by atoms with Crippen LogP contribution in [-0.2, 0) is 0 Å². The van der Waals surface area contributed by atoms with Crippen LogP contribution >= 0.6 is 0 Å². The molecule has 2 rings (SSSR count). The summed E-state index contributed by atoms with van der Waals surface area (Å²) < 4.78 is 0. The molecule has 0 saturated heterocycles. The minimum atomic E-state index is -0.0853. The topological polar surface area (TPSA) is 70.1 Å². The largest absolute Gasteiger partial charge is 0.393 e. The first-order valence-corrected chi connectivity index (χ1v) is 7.19. The van der Waals surface area contributed by atoms with E-state index in [9.17, 15) is 5.11 Å². The summed E-state index contributed by atoms with van der Waals surface area (Å²) in [5.41, 5.74) is 0.965. The van der Waals surface area contributed by atoms with Crippen LogP contribution in [0.5, 0.6) is 0 Å². The maximum absolute atomic E-state index is 9.49. The molecule has 106 valence electrons. The number of aliphatic hydroxyl groups is 1. The molecule has 19 heavy (non-hydrogen) atoms. The number of aliphatic hydroxyl groups excluding tert-OH is 1. The van der Waals surface area contributed by atoms with Gasteiger partial charge in [0.2, 0.25) is 5.95 Å². The molecule has 0 amide bonds. The standard InChI is InChI=1S/C14H24N4O/c1-3-15-14-17-10(2)8-13(18-14)16-9-11-4-6-12(19)7-5-11/h8,11-12,19H,3-7,9H2,1-2H3,(H2,15,16,17,18). The van der Waals surface area contributed by atoms with E-state index in [-0.39, 0.29) is 6.10 Å². The van der Waals surface area contributed by atoms with Crippen LogP contribution in [0.25, 0.3) is 0 Å². The summed E-state index contributed by atoms with van der Waals surface area (Å²) >= 11 is 0. The molecule has 1 aliphatic rings. The second-order valence-corrected chi connectivity index (χ2v) is 5.30. The van der Waals surface area contributed by atoms with Gasteiger partial charge in [0.25, 0.3) is 0 Å². The zero-order valence-electron chi connectivity index (χ0n) is 11.8. The van der Waals surface area contributed by atoms with Gasteiger partial charge in [-0.1, -0.05) is 0 Å². The molecule has 0 bridgehead atoms. The lowest BCUT2D eigenvalue weighted by Gasteiger charge is -2.25. The maximum atomic E-state index is 9.49. The smallest absolute Gasteiger partial charge is 0.224 e. The molecule has 0 aromatic carbocycles. The molecule has 0 aliphatic heterocycles. The molecule has 0 unspecified atom stereocenters. The van der Waals surface area contributed by atoms with Gasteiger partial charge in [-0.15, -0.1) is 0 Å². The molecular formula is C14H24N4O. The second-order valence-electron chi connectivity index (χ2n) is 5.30. The first-order valence-electron chi connectivity index (χ1n) is 7.19. The van der Waals surface area contributed by atoms with Gasteiger partial charge < -0.3 is 15.7 Å². The van der Waals surface area contributed by atoms with Crippen molar-refractivity contribution < 1.29 is 5.11 Å². The Hall–Kier alpha value is -1.36. The summed E-state index contributed by atoms with van der Waals surface area (Å²) in [7, 11) is 0. The molecule has 5 heteroatoms. The van der Waals surface area contributed by atoms with Crippen LogP contribution in [0, 0.1) is 12.8 Å². The van der Waals surface area contributed by atoms with Crippen molar-refractivity contribution in [2.75, 3.05) is 23.7 Å². The third kappa shape index (κ3) is 4.35. The second kappa shape index (κ2) is 6.70. The molecule has 3 N–H and O–H groups in total. The van der Waals surface area contributed by atoms with Gasteiger partial charge in [0, 0.05) is 24.8 Å². The molecule has 0 spiro atoms. The van der Waals surface area contributed by atoms with Gasteiger partial charge in [0.1, 0.15) is 5.82 Å². The average molecular weight is 264 g/mol. The minimum Gasteiger partial charge on any atom is -0.393 e. The number of nitrogens with one attached hydrogen (secondary N) is 2. The van der Waals surface area contributed by atoms with E-state index in [1.165, 1.54) is 0 Å². The molecule has 0 radical (unpaired) electrons. The Morgan fingerprint density at radius 2 is 1.95 bits per heavy atom. The van der Waals surface area contributed by atoms with Crippen LogP contribution in [0.4, 0.5) is 11.8 Å². The first kappa shape index (κ1) is 14.1. The van der Waals surface area contributed by atoms with Gasteiger partial charge in [-0.2, -0.15) is 4.98 Å². The number of aromatic nitrogens is 2. The molecule has 1 aliphatic carbocycles. The van der Waals surface area contributed by atoms with E-state index < -0.39 is 0 Å². The van der Waals surface area contributed by atoms with Crippen molar-refractivity contribution in [1.82, 2.24) is 9.97 Å². The normalized spacial score (nSPS) is 23.1. The third-order valence-electron chi connectivity index (χ3n) is 3.58. The molecule has 1 aromatic heterocycles. The lowest BCUT2D eigenvalue weighted by Crippen LogP contribution is -2.24. The van der Waals surface area contributed by atoms with Gasteiger partial charge in [-0.3, -0.25) is 0 Å². The Kier molecular flexibility index (Phi) is 4.96. The zero-order chi connectivity index (χ0) is 13.7. The highest BCUT2D eigenvalue weighted by Crippen LogP contribution is 2.24.